The third kappa shape index (κ3) is 2.69. The molecular formula is C15H23NO3. The number of ether oxygens (including phenoxy) is 3. The first-order chi connectivity index (χ1) is 9.14. The molecule has 1 saturated carbocycles. The molecule has 1 aromatic rings. The maximum atomic E-state index is 6.51. The Hall–Kier alpha value is -1.26. The van der Waals surface area contributed by atoms with Crippen LogP contribution < -0.4 is 15.2 Å². The molecule has 2 N–H and O–H groups in total. The van der Waals surface area contributed by atoms with Crippen LogP contribution in [0.5, 0.6) is 11.5 Å². The summed E-state index contributed by atoms with van der Waals surface area (Å²) in [5.74, 6) is 1.57. The van der Waals surface area contributed by atoms with Gasteiger partial charge in [-0.1, -0.05) is 12.8 Å². The molecule has 1 aliphatic carbocycles. The molecule has 0 spiro atoms. The van der Waals surface area contributed by atoms with Crippen LogP contribution in [0, 0.1) is 0 Å². The van der Waals surface area contributed by atoms with Crippen LogP contribution in [0.4, 0.5) is 0 Å². The van der Waals surface area contributed by atoms with Gasteiger partial charge in [0.05, 0.1) is 26.4 Å². The minimum atomic E-state index is -0.244. The Labute approximate surface area is 114 Å². The number of methoxy groups -OCH3 is 3. The third-order valence-electron chi connectivity index (χ3n) is 3.97. The summed E-state index contributed by atoms with van der Waals surface area (Å²) in [6.45, 7) is 0.462. The molecule has 0 radical (unpaired) electrons. The van der Waals surface area contributed by atoms with Crippen LogP contribution in [0.2, 0.25) is 0 Å². The van der Waals surface area contributed by atoms with E-state index in [9.17, 15) is 0 Å². The Morgan fingerprint density at radius 1 is 1.05 bits per heavy atom. The van der Waals surface area contributed by atoms with Gasteiger partial charge in [-0.15, -0.1) is 0 Å². The zero-order valence-corrected chi connectivity index (χ0v) is 12.0. The lowest BCUT2D eigenvalue weighted by Crippen LogP contribution is -2.33. The van der Waals surface area contributed by atoms with E-state index in [1.165, 1.54) is 12.8 Å². The van der Waals surface area contributed by atoms with Crippen molar-refractivity contribution in [1.82, 2.24) is 0 Å². The maximum Gasteiger partial charge on any atom is 0.128 e. The van der Waals surface area contributed by atoms with Crippen LogP contribution in [-0.2, 0) is 16.9 Å². The first-order valence-corrected chi connectivity index (χ1v) is 6.68. The quantitative estimate of drug-likeness (QED) is 0.889. The van der Waals surface area contributed by atoms with E-state index in [0.29, 0.717) is 6.61 Å². The van der Waals surface area contributed by atoms with Gasteiger partial charge in [-0.05, 0) is 30.5 Å². The van der Waals surface area contributed by atoms with Gasteiger partial charge in [0.25, 0.3) is 0 Å². The molecule has 0 atom stereocenters. The fraction of sp³-hybridized carbons (Fsp3) is 0.600. The summed E-state index contributed by atoms with van der Waals surface area (Å²) in [5, 5.41) is 0. The average molecular weight is 265 g/mol. The molecule has 106 valence electrons. The van der Waals surface area contributed by atoms with E-state index in [2.05, 4.69) is 0 Å². The number of hydrogen-bond donors (Lipinski definition) is 1. The zero-order valence-electron chi connectivity index (χ0n) is 12.0. The summed E-state index contributed by atoms with van der Waals surface area (Å²) in [4.78, 5) is 0. The second-order valence-corrected chi connectivity index (χ2v) is 5.16. The van der Waals surface area contributed by atoms with Gasteiger partial charge >= 0.3 is 0 Å². The third-order valence-corrected chi connectivity index (χ3v) is 3.97. The van der Waals surface area contributed by atoms with Crippen molar-refractivity contribution in [2.75, 3.05) is 21.3 Å². The Kier molecular flexibility index (Phi) is 4.32. The summed E-state index contributed by atoms with van der Waals surface area (Å²) in [6.07, 6.45) is 4.40. The van der Waals surface area contributed by atoms with Crippen molar-refractivity contribution in [3.05, 3.63) is 23.3 Å². The Bertz CT molecular complexity index is 414. The predicted molar refractivity (Wildman–Crippen MR) is 74.6 cm³/mol. The molecule has 0 unspecified atom stereocenters. The van der Waals surface area contributed by atoms with Crippen molar-refractivity contribution in [3.8, 4) is 11.5 Å². The summed E-state index contributed by atoms with van der Waals surface area (Å²) in [6, 6.07) is 4.06. The number of hydrogen-bond acceptors (Lipinski definition) is 4. The highest BCUT2D eigenvalue weighted by Crippen LogP contribution is 2.41. The molecule has 19 heavy (non-hydrogen) atoms. The Morgan fingerprint density at radius 3 is 2.00 bits per heavy atom. The van der Waals surface area contributed by atoms with Crippen molar-refractivity contribution in [2.45, 2.75) is 37.8 Å². The second-order valence-electron chi connectivity index (χ2n) is 5.16. The predicted octanol–water partition coefficient (Wildman–Crippen LogP) is 2.58. The molecule has 1 aromatic carbocycles. The van der Waals surface area contributed by atoms with Crippen LogP contribution >= 0.6 is 0 Å². The van der Waals surface area contributed by atoms with Crippen LogP contribution in [0.25, 0.3) is 0 Å². The standard InChI is InChI=1S/C15H23NO3/c1-17-10-12-13(18-2)8-11(9-14(12)19-3)15(16)6-4-5-7-15/h8-9H,4-7,10,16H2,1-3H3. The molecule has 0 aromatic heterocycles. The van der Waals surface area contributed by atoms with E-state index in [1.807, 2.05) is 12.1 Å². The van der Waals surface area contributed by atoms with Gasteiger partial charge in [0, 0.05) is 12.6 Å². The average Bonchev–Trinajstić information content (AvgIpc) is 2.87. The van der Waals surface area contributed by atoms with Gasteiger partial charge in [-0.3, -0.25) is 0 Å². The molecule has 0 saturated heterocycles. The normalized spacial score (nSPS) is 17.5. The summed E-state index contributed by atoms with van der Waals surface area (Å²) >= 11 is 0. The summed E-state index contributed by atoms with van der Waals surface area (Å²) in [5.41, 5.74) is 8.29. The van der Waals surface area contributed by atoms with Crippen LogP contribution in [-0.4, -0.2) is 21.3 Å². The highest BCUT2D eigenvalue weighted by Gasteiger charge is 2.32. The van der Waals surface area contributed by atoms with Crippen molar-refractivity contribution < 1.29 is 14.2 Å². The fourth-order valence-corrected chi connectivity index (χ4v) is 2.85. The summed E-state index contributed by atoms with van der Waals surface area (Å²) < 4.78 is 16.2. The van der Waals surface area contributed by atoms with Gasteiger partial charge in [-0.2, -0.15) is 0 Å². The molecule has 4 nitrogen and oxygen atoms in total. The Morgan fingerprint density at radius 2 is 1.58 bits per heavy atom. The monoisotopic (exact) mass is 265 g/mol. The highest BCUT2D eigenvalue weighted by molar-refractivity contribution is 5.50. The molecule has 1 aliphatic rings. The lowest BCUT2D eigenvalue weighted by molar-refractivity contribution is 0.178. The lowest BCUT2D eigenvalue weighted by atomic mass is 9.88. The van der Waals surface area contributed by atoms with Crippen molar-refractivity contribution in [1.29, 1.82) is 0 Å². The van der Waals surface area contributed by atoms with Crippen molar-refractivity contribution >= 4 is 0 Å². The molecule has 0 amide bonds. The first kappa shape index (κ1) is 14.2. The van der Waals surface area contributed by atoms with E-state index in [1.54, 1.807) is 21.3 Å². The van der Waals surface area contributed by atoms with E-state index in [-0.39, 0.29) is 5.54 Å². The van der Waals surface area contributed by atoms with Crippen molar-refractivity contribution in [3.63, 3.8) is 0 Å². The number of nitrogens with two attached hydrogens (primary N) is 1. The van der Waals surface area contributed by atoms with E-state index < -0.39 is 0 Å². The molecule has 0 heterocycles. The van der Waals surface area contributed by atoms with E-state index in [0.717, 1.165) is 35.5 Å². The Balaban J connectivity index is 2.46. The van der Waals surface area contributed by atoms with Gasteiger partial charge in [0.1, 0.15) is 11.5 Å². The molecule has 0 bridgehead atoms. The minimum Gasteiger partial charge on any atom is -0.496 e. The summed E-state index contributed by atoms with van der Waals surface area (Å²) in [7, 11) is 4.99. The van der Waals surface area contributed by atoms with E-state index in [4.69, 9.17) is 19.9 Å². The smallest absolute Gasteiger partial charge is 0.128 e. The molecular weight excluding hydrogens is 242 g/mol. The number of rotatable bonds is 5. The number of benzene rings is 1. The SMILES string of the molecule is COCc1c(OC)cc(C2(N)CCCC2)cc1OC. The van der Waals surface area contributed by atoms with Gasteiger partial charge < -0.3 is 19.9 Å². The molecule has 1 fully saturated rings. The van der Waals surface area contributed by atoms with Crippen LogP contribution in [0.1, 0.15) is 36.8 Å². The fourth-order valence-electron chi connectivity index (χ4n) is 2.85. The molecule has 0 aliphatic heterocycles. The van der Waals surface area contributed by atoms with E-state index >= 15 is 0 Å². The van der Waals surface area contributed by atoms with Gasteiger partial charge in [0.2, 0.25) is 0 Å². The van der Waals surface area contributed by atoms with Crippen molar-refractivity contribution in [2.24, 2.45) is 5.73 Å². The largest absolute Gasteiger partial charge is 0.496 e. The molecule has 2 rings (SSSR count). The minimum absolute atomic E-state index is 0.244. The van der Waals surface area contributed by atoms with Gasteiger partial charge in [0.15, 0.2) is 0 Å². The second kappa shape index (κ2) is 5.80. The lowest BCUT2D eigenvalue weighted by Gasteiger charge is -2.26. The van der Waals surface area contributed by atoms with Gasteiger partial charge in [-0.25, -0.2) is 0 Å². The van der Waals surface area contributed by atoms with Crippen LogP contribution in [0.15, 0.2) is 12.1 Å². The zero-order chi connectivity index (χ0) is 13.9. The van der Waals surface area contributed by atoms with Crippen LogP contribution in [0.3, 0.4) is 0 Å². The topological polar surface area (TPSA) is 53.7 Å². The molecule has 4 heteroatoms. The first-order valence-electron chi connectivity index (χ1n) is 6.68. The maximum absolute atomic E-state index is 6.51. The highest BCUT2D eigenvalue weighted by atomic mass is 16.5.